The van der Waals surface area contributed by atoms with E-state index in [1.165, 1.54) is 5.56 Å². The summed E-state index contributed by atoms with van der Waals surface area (Å²) in [7, 11) is 0. The van der Waals surface area contributed by atoms with E-state index >= 15 is 0 Å². The normalized spacial score (nSPS) is 10.4. The topological polar surface area (TPSA) is 45.4 Å². The van der Waals surface area contributed by atoms with Gasteiger partial charge in [0.15, 0.2) is 0 Å². The smallest absolute Gasteiger partial charge is 0.143 e. The summed E-state index contributed by atoms with van der Waals surface area (Å²) in [6.45, 7) is 2.37. The zero-order valence-electron chi connectivity index (χ0n) is 11.3. The fraction of sp³-hybridized carbons (Fsp3) is 0.176. The summed E-state index contributed by atoms with van der Waals surface area (Å²) in [6, 6.07) is 17.4. The van der Waals surface area contributed by atoms with Crippen LogP contribution in [-0.4, -0.2) is 6.21 Å². The maximum Gasteiger partial charge on any atom is 0.143 e. The summed E-state index contributed by atoms with van der Waals surface area (Å²) in [5, 5.41) is 12.8. The van der Waals surface area contributed by atoms with Crippen molar-refractivity contribution in [2.75, 3.05) is 0 Å². The Hall–Kier alpha value is -2.60. The number of nitriles is 1. The second-order valence-corrected chi connectivity index (χ2v) is 4.30. The van der Waals surface area contributed by atoms with Crippen LogP contribution in [0.1, 0.15) is 29.2 Å². The second-order valence-electron chi connectivity index (χ2n) is 4.30. The molecule has 0 aliphatic rings. The van der Waals surface area contributed by atoms with Gasteiger partial charge in [0.05, 0.1) is 11.6 Å². The summed E-state index contributed by atoms with van der Waals surface area (Å²) in [4.78, 5) is 5.20. The number of hydrogen-bond acceptors (Lipinski definition) is 3. The van der Waals surface area contributed by atoms with Crippen LogP contribution in [0.25, 0.3) is 0 Å². The van der Waals surface area contributed by atoms with E-state index in [0.717, 1.165) is 17.5 Å². The van der Waals surface area contributed by atoms with Crippen LogP contribution in [0.3, 0.4) is 0 Å². The van der Waals surface area contributed by atoms with Crippen LogP contribution in [0, 0.1) is 11.3 Å². The van der Waals surface area contributed by atoms with Gasteiger partial charge >= 0.3 is 0 Å². The highest BCUT2D eigenvalue weighted by atomic mass is 16.6. The summed E-state index contributed by atoms with van der Waals surface area (Å²) in [5.41, 5.74) is 3.55. The van der Waals surface area contributed by atoms with Crippen LogP contribution in [0.5, 0.6) is 0 Å². The van der Waals surface area contributed by atoms with Crippen molar-refractivity contribution in [3.05, 3.63) is 70.8 Å². The van der Waals surface area contributed by atoms with E-state index in [1.54, 1.807) is 6.07 Å². The highest BCUT2D eigenvalue weighted by molar-refractivity contribution is 5.79. The Bertz CT molecular complexity index is 641. The van der Waals surface area contributed by atoms with E-state index in [2.05, 4.69) is 30.4 Å². The number of hydrogen-bond donors (Lipinski definition) is 0. The zero-order chi connectivity index (χ0) is 14.2. The van der Waals surface area contributed by atoms with Gasteiger partial charge in [-0.15, -0.1) is 0 Å². The van der Waals surface area contributed by atoms with Gasteiger partial charge in [0.25, 0.3) is 0 Å². The van der Waals surface area contributed by atoms with Crippen molar-refractivity contribution in [3.63, 3.8) is 0 Å². The van der Waals surface area contributed by atoms with Crippen LogP contribution in [-0.2, 0) is 17.9 Å². The molecule has 3 nitrogen and oxygen atoms in total. The van der Waals surface area contributed by atoms with Crippen molar-refractivity contribution in [1.29, 1.82) is 5.26 Å². The Balaban J connectivity index is 1.95. The van der Waals surface area contributed by atoms with Gasteiger partial charge in [-0.25, -0.2) is 0 Å². The van der Waals surface area contributed by atoms with E-state index in [-0.39, 0.29) is 6.61 Å². The summed E-state index contributed by atoms with van der Waals surface area (Å²) >= 11 is 0. The molecule has 2 aromatic carbocycles. The predicted molar refractivity (Wildman–Crippen MR) is 78.3 cm³/mol. The molecule has 0 atom stereocenters. The molecule has 20 heavy (non-hydrogen) atoms. The molecule has 0 aromatic heterocycles. The van der Waals surface area contributed by atoms with Gasteiger partial charge < -0.3 is 4.84 Å². The minimum Gasteiger partial charge on any atom is -0.390 e. The Labute approximate surface area is 119 Å². The lowest BCUT2D eigenvalue weighted by molar-refractivity contribution is 0.132. The van der Waals surface area contributed by atoms with Crippen molar-refractivity contribution in [1.82, 2.24) is 0 Å². The average Bonchev–Trinajstić information content (AvgIpc) is 2.52. The lowest BCUT2D eigenvalue weighted by Gasteiger charge is -2.01. The maximum atomic E-state index is 8.96. The fourth-order valence-electron chi connectivity index (χ4n) is 1.80. The lowest BCUT2D eigenvalue weighted by atomic mass is 10.1. The molecule has 0 heterocycles. The molecule has 99 valence electrons. The van der Waals surface area contributed by atoms with E-state index < -0.39 is 0 Å². The monoisotopic (exact) mass is 263 g/mol. The molecular formula is C17H15N2O. The average molecular weight is 263 g/mol. The molecule has 0 aliphatic heterocycles. The third-order valence-electron chi connectivity index (χ3n) is 2.93. The third kappa shape index (κ3) is 3.69. The van der Waals surface area contributed by atoms with Crippen molar-refractivity contribution in [2.24, 2.45) is 5.16 Å². The molecule has 0 aliphatic carbocycles. The minimum absolute atomic E-state index is 0.268. The van der Waals surface area contributed by atoms with E-state index in [9.17, 15) is 0 Å². The molecule has 0 spiro atoms. The molecular weight excluding hydrogens is 248 g/mol. The first kappa shape index (κ1) is 13.8. The number of nitrogens with zero attached hydrogens (tertiary/aromatic N) is 2. The maximum absolute atomic E-state index is 8.96. The Kier molecular flexibility index (Phi) is 4.91. The molecule has 0 unspecified atom stereocenters. The largest absolute Gasteiger partial charge is 0.390 e. The van der Waals surface area contributed by atoms with Crippen molar-refractivity contribution in [2.45, 2.75) is 20.0 Å². The number of rotatable bonds is 5. The Morgan fingerprint density at radius 1 is 1.15 bits per heavy atom. The van der Waals surface area contributed by atoms with Crippen LogP contribution in [0.2, 0.25) is 0 Å². The lowest BCUT2D eigenvalue weighted by Crippen LogP contribution is -1.92. The first-order valence-electron chi connectivity index (χ1n) is 6.48. The molecule has 0 amide bonds. The number of aryl methyl sites for hydroxylation is 1. The zero-order valence-corrected chi connectivity index (χ0v) is 11.3. The Morgan fingerprint density at radius 3 is 2.80 bits per heavy atom. The van der Waals surface area contributed by atoms with Crippen LogP contribution in [0.4, 0.5) is 0 Å². The van der Waals surface area contributed by atoms with Crippen LogP contribution >= 0.6 is 0 Å². The van der Waals surface area contributed by atoms with Crippen LogP contribution in [0.15, 0.2) is 53.7 Å². The Morgan fingerprint density at radius 2 is 2.00 bits per heavy atom. The molecule has 1 radical (unpaired) electrons. The van der Waals surface area contributed by atoms with Crippen LogP contribution < -0.4 is 0 Å². The van der Waals surface area contributed by atoms with Crippen molar-refractivity contribution < 1.29 is 4.84 Å². The highest BCUT2D eigenvalue weighted by Gasteiger charge is 2.00. The predicted octanol–water partition coefficient (Wildman–Crippen LogP) is 3.55. The van der Waals surface area contributed by atoms with E-state index in [1.807, 2.05) is 36.4 Å². The van der Waals surface area contributed by atoms with Gasteiger partial charge in [0.1, 0.15) is 12.8 Å². The summed E-state index contributed by atoms with van der Waals surface area (Å²) in [5.74, 6) is 0. The van der Waals surface area contributed by atoms with Gasteiger partial charge in [-0.2, -0.15) is 5.26 Å². The summed E-state index contributed by atoms with van der Waals surface area (Å²) < 4.78 is 0. The molecule has 3 heteroatoms. The quantitative estimate of drug-likeness (QED) is 0.611. The standard InChI is InChI=1S/C17H15N2O/c1-2-14-6-5-7-15(10-14)12-19-20-13-17-9-4-3-8-16(17)11-18/h3-10H,2,13H2,1H3. The van der Waals surface area contributed by atoms with Gasteiger partial charge in [0.2, 0.25) is 0 Å². The molecule has 0 saturated carbocycles. The fourth-order valence-corrected chi connectivity index (χ4v) is 1.80. The molecule has 2 rings (SSSR count). The third-order valence-corrected chi connectivity index (χ3v) is 2.93. The molecule has 2 aromatic rings. The van der Waals surface area contributed by atoms with E-state index in [0.29, 0.717) is 5.56 Å². The SMILES string of the molecule is CCc1cccc(/[C]=N\OCc2ccccc2C#N)c1. The molecule has 0 fully saturated rings. The van der Waals surface area contributed by atoms with Gasteiger partial charge in [-0.05, 0) is 24.1 Å². The van der Waals surface area contributed by atoms with Crippen molar-refractivity contribution >= 4 is 6.21 Å². The first-order valence-corrected chi connectivity index (χ1v) is 6.48. The number of benzene rings is 2. The second kappa shape index (κ2) is 7.10. The first-order chi connectivity index (χ1) is 9.83. The van der Waals surface area contributed by atoms with Gasteiger partial charge in [-0.1, -0.05) is 48.5 Å². The van der Waals surface area contributed by atoms with E-state index in [4.69, 9.17) is 10.1 Å². The highest BCUT2D eigenvalue weighted by Crippen LogP contribution is 2.09. The summed E-state index contributed by atoms with van der Waals surface area (Å²) in [6.07, 6.45) is 3.83. The van der Waals surface area contributed by atoms with Gasteiger partial charge in [0, 0.05) is 11.1 Å². The van der Waals surface area contributed by atoms with Crippen molar-refractivity contribution in [3.8, 4) is 6.07 Å². The molecule has 0 saturated heterocycles. The molecule has 0 N–H and O–H groups in total. The van der Waals surface area contributed by atoms with Gasteiger partial charge in [-0.3, -0.25) is 0 Å². The molecule has 0 bridgehead atoms. The minimum atomic E-state index is 0.268.